The van der Waals surface area contributed by atoms with Crippen LogP contribution in [0, 0.1) is 11.3 Å². The summed E-state index contributed by atoms with van der Waals surface area (Å²) in [5.74, 6) is -1.22. The van der Waals surface area contributed by atoms with Gasteiger partial charge in [-0.2, -0.15) is 5.26 Å². The molecule has 1 aromatic carbocycles. The Morgan fingerprint density at radius 2 is 1.89 bits per heavy atom. The lowest BCUT2D eigenvalue weighted by atomic mass is 9.92. The van der Waals surface area contributed by atoms with E-state index >= 15 is 0 Å². The van der Waals surface area contributed by atoms with Crippen LogP contribution >= 0.6 is 0 Å². The number of esters is 1. The van der Waals surface area contributed by atoms with Crippen LogP contribution < -0.4 is 5.73 Å². The quantitative estimate of drug-likeness (QED) is 0.827. The molecule has 0 heterocycles. The number of carbonyl (C=O) groups is 1. The number of nitrogens with two attached hydrogens (primary N) is 1. The number of ether oxygens (including phenoxy) is 1. The number of nitriles is 1. The van der Waals surface area contributed by atoms with E-state index in [-0.39, 0.29) is 0 Å². The Labute approximate surface area is 107 Å². The molecule has 0 saturated heterocycles. The fraction of sp³-hybridized carbons (Fsp3) is 0.429. The second kappa shape index (κ2) is 5.65. The molecule has 0 amide bonds. The van der Waals surface area contributed by atoms with Gasteiger partial charge >= 0.3 is 5.97 Å². The Hall–Kier alpha value is -1.86. The Morgan fingerprint density at radius 1 is 1.33 bits per heavy atom. The van der Waals surface area contributed by atoms with E-state index in [9.17, 15) is 4.79 Å². The third kappa shape index (κ3) is 3.86. The molecule has 2 atom stereocenters. The van der Waals surface area contributed by atoms with Crippen LogP contribution in [0.5, 0.6) is 0 Å². The van der Waals surface area contributed by atoms with Gasteiger partial charge in [0.05, 0.1) is 6.07 Å². The molecule has 2 N–H and O–H groups in total. The van der Waals surface area contributed by atoms with Crippen LogP contribution in [0.3, 0.4) is 0 Å². The smallest absolute Gasteiger partial charge is 0.316 e. The largest absolute Gasteiger partial charge is 0.459 e. The van der Waals surface area contributed by atoms with E-state index in [4.69, 9.17) is 15.7 Å². The Bertz CT molecular complexity index is 443. The van der Waals surface area contributed by atoms with Gasteiger partial charge in [0.2, 0.25) is 0 Å². The van der Waals surface area contributed by atoms with E-state index in [1.165, 1.54) is 0 Å². The highest BCUT2D eigenvalue weighted by molar-refractivity contribution is 5.80. The normalized spacial score (nSPS) is 14.4. The number of rotatable bonds is 3. The molecule has 1 unspecified atom stereocenters. The molecule has 96 valence electrons. The molecule has 0 aromatic heterocycles. The van der Waals surface area contributed by atoms with E-state index in [1.54, 1.807) is 45.0 Å². The molecule has 0 aliphatic heterocycles. The average molecular weight is 246 g/mol. The lowest BCUT2D eigenvalue weighted by Crippen LogP contribution is -2.37. The van der Waals surface area contributed by atoms with Crippen molar-refractivity contribution in [1.29, 1.82) is 5.26 Å². The number of benzene rings is 1. The van der Waals surface area contributed by atoms with Crippen LogP contribution in [-0.2, 0) is 9.53 Å². The minimum absolute atomic E-state index is 0.470. The Morgan fingerprint density at radius 3 is 2.33 bits per heavy atom. The minimum Gasteiger partial charge on any atom is -0.459 e. The van der Waals surface area contributed by atoms with Crippen molar-refractivity contribution < 1.29 is 9.53 Å². The molecule has 1 rings (SSSR count). The molecule has 0 aliphatic carbocycles. The van der Waals surface area contributed by atoms with E-state index in [2.05, 4.69) is 0 Å². The molecular weight excluding hydrogens is 228 g/mol. The summed E-state index contributed by atoms with van der Waals surface area (Å²) in [5, 5.41) is 8.93. The monoisotopic (exact) mass is 246 g/mol. The molecule has 0 radical (unpaired) electrons. The molecule has 1 aromatic rings. The highest BCUT2D eigenvalue weighted by Crippen LogP contribution is 2.23. The maximum Gasteiger partial charge on any atom is 0.316 e. The molecule has 18 heavy (non-hydrogen) atoms. The van der Waals surface area contributed by atoms with Crippen molar-refractivity contribution in [1.82, 2.24) is 0 Å². The van der Waals surface area contributed by atoms with Crippen molar-refractivity contribution in [3.63, 3.8) is 0 Å². The lowest BCUT2D eigenvalue weighted by molar-refractivity contribution is -0.156. The molecule has 0 saturated carbocycles. The Balaban J connectivity index is 3.01. The predicted octanol–water partition coefficient (Wildman–Crippen LogP) is 1.96. The van der Waals surface area contributed by atoms with Crippen molar-refractivity contribution >= 4 is 5.97 Å². The van der Waals surface area contributed by atoms with Crippen molar-refractivity contribution in [2.45, 2.75) is 38.3 Å². The molecule has 0 bridgehead atoms. The predicted molar refractivity (Wildman–Crippen MR) is 68.6 cm³/mol. The summed E-state index contributed by atoms with van der Waals surface area (Å²) in [7, 11) is 0. The highest BCUT2D eigenvalue weighted by Gasteiger charge is 2.31. The number of hydrogen-bond acceptors (Lipinski definition) is 4. The van der Waals surface area contributed by atoms with Crippen LogP contribution in [0.15, 0.2) is 30.3 Å². The highest BCUT2D eigenvalue weighted by atomic mass is 16.6. The average Bonchev–Trinajstić information content (AvgIpc) is 2.28. The van der Waals surface area contributed by atoms with Gasteiger partial charge in [-0.15, -0.1) is 0 Å². The maximum absolute atomic E-state index is 12.1. The first-order chi connectivity index (χ1) is 8.35. The fourth-order valence-corrected chi connectivity index (χ4v) is 1.59. The van der Waals surface area contributed by atoms with Gasteiger partial charge in [0.25, 0.3) is 0 Å². The summed E-state index contributed by atoms with van der Waals surface area (Å²) >= 11 is 0. The van der Waals surface area contributed by atoms with Gasteiger partial charge in [0.1, 0.15) is 17.6 Å². The van der Waals surface area contributed by atoms with Crippen molar-refractivity contribution in [2.24, 2.45) is 5.73 Å². The van der Waals surface area contributed by atoms with Crippen LogP contribution in [0.4, 0.5) is 0 Å². The first-order valence-corrected chi connectivity index (χ1v) is 5.78. The summed E-state index contributed by atoms with van der Waals surface area (Å²) in [6.45, 7) is 5.35. The van der Waals surface area contributed by atoms with Crippen molar-refractivity contribution in [2.75, 3.05) is 0 Å². The van der Waals surface area contributed by atoms with Gasteiger partial charge in [-0.3, -0.25) is 4.79 Å². The van der Waals surface area contributed by atoms with Crippen LogP contribution in [0.1, 0.15) is 32.3 Å². The zero-order valence-corrected chi connectivity index (χ0v) is 10.9. The van der Waals surface area contributed by atoms with E-state index in [0.29, 0.717) is 5.56 Å². The Kier molecular flexibility index (Phi) is 4.46. The maximum atomic E-state index is 12.1. The summed E-state index contributed by atoms with van der Waals surface area (Å²) in [6, 6.07) is 9.98. The topological polar surface area (TPSA) is 76.1 Å². The van der Waals surface area contributed by atoms with E-state index < -0.39 is 23.5 Å². The van der Waals surface area contributed by atoms with Gasteiger partial charge in [-0.1, -0.05) is 30.3 Å². The fourth-order valence-electron chi connectivity index (χ4n) is 1.59. The van der Waals surface area contributed by atoms with Gasteiger partial charge in [0.15, 0.2) is 0 Å². The zero-order valence-electron chi connectivity index (χ0n) is 10.9. The summed E-state index contributed by atoms with van der Waals surface area (Å²) in [5.41, 5.74) is 5.80. The third-order valence-electron chi connectivity index (χ3n) is 2.33. The van der Waals surface area contributed by atoms with Crippen molar-refractivity contribution in [3.8, 4) is 6.07 Å². The summed E-state index contributed by atoms with van der Waals surface area (Å²) in [4.78, 5) is 12.1. The molecular formula is C14H18N2O2. The second-order valence-corrected chi connectivity index (χ2v) is 5.08. The minimum atomic E-state index is -0.915. The number of nitrogens with zero attached hydrogens (tertiary/aromatic N) is 1. The van der Waals surface area contributed by atoms with Crippen LogP contribution in [0.25, 0.3) is 0 Å². The standard InChI is InChI=1S/C14H18N2O2/c1-14(2,3)18-13(17)12(11(16)9-15)10-7-5-4-6-8-10/h4-8,11-12H,16H2,1-3H3/t11-,12?/m1/s1. The van der Waals surface area contributed by atoms with Gasteiger partial charge < -0.3 is 10.5 Å². The first-order valence-electron chi connectivity index (χ1n) is 5.78. The van der Waals surface area contributed by atoms with Crippen LogP contribution in [0.2, 0.25) is 0 Å². The summed E-state index contributed by atoms with van der Waals surface area (Å²) in [6.07, 6.45) is 0. The van der Waals surface area contributed by atoms with E-state index in [1.807, 2.05) is 12.1 Å². The molecule has 4 nitrogen and oxygen atoms in total. The van der Waals surface area contributed by atoms with Crippen LogP contribution in [-0.4, -0.2) is 17.6 Å². The number of carbonyl (C=O) groups excluding carboxylic acids is 1. The van der Waals surface area contributed by atoms with Crippen molar-refractivity contribution in [3.05, 3.63) is 35.9 Å². The lowest BCUT2D eigenvalue weighted by Gasteiger charge is -2.25. The van der Waals surface area contributed by atoms with Gasteiger partial charge in [-0.05, 0) is 26.3 Å². The number of hydrogen-bond donors (Lipinski definition) is 1. The molecule has 4 heteroatoms. The third-order valence-corrected chi connectivity index (χ3v) is 2.33. The SMILES string of the molecule is CC(C)(C)OC(=O)C(c1ccccc1)[C@H](N)C#N. The van der Waals surface area contributed by atoms with Gasteiger partial charge in [0, 0.05) is 0 Å². The molecule has 0 spiro atoms. The second-order valence-electron chi connectivity index (χ2n) is 5.08. The molecule has 0 fully saturated rings. The molecule has 0 aliphatic rings. The zero-order chi connectivity index (χ0) is 13.8. The van der Waals surface area contributed by atoms with Gasteiger partial charge in [-0.25, -0.2) is 0 Å². The first kappa shape index (κ1) is 14.2. The van der Waals surface area contributed by atoms with E-state index in [0.717, 1.165) is 0 Å². The summed E-state index contributed by atoms with van der Waals surface area (Å²) < 4.78 is 5.31.